The Morgan fingerprint density at radius 3 is 2.40 bits per heavy atom. The molecule has 4 heteroatoms. The molecule has 0 fully saturated rings. The van der Waals surface area contributed by atoms with E-state index in [1.807, 2.05) is 6.92 Å². The van der Waals surface area contributed by atoms with E-state index in [1.54, 1.807) is 6.92 Å². The molecule has 0 aromatic heterocycles. The lowest BCUT2D eigenvalue weighted by Crippen LogP contribution is -2.20. The molecule has 3 nitrogen and oxygen atoms in total. The number of carbonyl (C=O) groups excluding carboxylic acids is 1. The smallest absolute Gasteiger partial charge is 0.306 e. The molecule has 0 N–H and O–H groups in total. The Labute approximate surface area is 95.0 Å². The van der Waals surface area contributed by atoms with Crippen molar-refractivity contribution in [2.45, 2.75) is 45.8 Å². The van der Waals surface area contributed by atoms with Crippen LogP contribution in [0.2, 0.25) is 0 Å². The van der Waals surface area contributed by atoms with Crippen molar-refractivity contribution in [2.75, 3.05) is 12.4 Å². The number of ether oxygens (including phenoxy) is 1. The van der Waals surface area contributed by atoms with Crippen LogP contribution in [0.3, 0.4) is 0 Å². The van der Waals surface area contributed by atoms with Crippen molar-refractivity contribution in [3.05, 3.63) is 0 Å². The SMILES string of the molecule is CCOC(=O)CC(C)S(=O)CCC(C)C. The van der Waals surface area contributed by atoms with Gasteiger partial charge in [0, 0.05) is 21.8 Å². The fourth-order valence-corrected chi connectivity index (χ4v) is 2.53. The number of carbonyl (C=O) groups is 1. The molecule has 0 heterocycles. The molecular formula is C11H22O3S. The van der Waals surface area contributed by atoms with Gasteiger partial charge >= 0.3 is 5.97 Å². The lowest BCUT2D eigenvalue weighted by atomic mass is 10.2. The average molecular weight is 234 g/mol. The molecule has 0 radical (unpaired) electrons. The molecule has 0 saturated heterocycles. The molecule has 2 atom stereocenters. The summed E-state index contributed by atoms with van der Waals surface area (Å²) in [5, 5.41) is -0.0946. The Kier molecular flexibility index (Phi) is 7.65. The molecule has 2 unspecified atom stereocenters. The molecule has 0 spiro atoms. The minimum absolute atomic E-state index is 0.0946. The summed E-state index contributed by atoms with van der Waals surface area (Å²) in [5.41, 5.74) is 0. The van der Waals surface area contributed by atoms with Gasteiger partial charge < -0.3 is 4.74 Å². The maximum absolute atomic E-state index is 11.7. The predicted octanol–water partition coefficient (Wildman–Crippen LogP) is 2.12. The first-order chi connectivity index (χ1) is 6.97. The zero-order valence-electron chi connectivity index (χ0n) is 10.1. The quantitative estimate of drug-likeness (QED) is 0.634. The second kappa shape index (κ2) is 7.85. The maximum Gasteiger partial charge on any atom is 0.306 e. The lowest BCUT2D eigenvalue weighted by molar-refractivity contribution is -0.143. The molecule has 0 aliphatic heterocycles. The highest BCUT2D eigenvalue weighted by Crippen LogP contribution is 2.08. The van der Waals surface area contributed by atoms with Gasteiger partial charge in [0.15, 0.2) is 0 Å². The van der Waals surface area contributed by atoms with Gasteiger partial charge in [0.25, 0.3) is 0 Å². The van der Waals surface area contributed by atoms with Crippen LogP contribution < -0.4 is 0 Å². The van der Waals surface area contributed by atoms with Crippen molar-refractivity contribution in [3.8, 4) is 0 Å². The molecule has 0 aliphatic carbocycles. The largest absolute Gasteiger partial charge is 0.466 e. The summed E-state index contributed by atoms with van der Waals surface area (Å²) in [5.74, 6) is 0.991. The van der Waals surface area contributed by atoms with Crippen molar-refractivity contribution in [1.82, 2.24) is 0 Å². The van der Waals surface area contributed by atoms with E-state index in [9.17, 15) is 9.00 Å². The van der Waals surface area contributed by atoms with Crippen molar-refractivity contribution in [3.63, 3.8) is 0 Å². The van der Waals surface area contributed by atoms with Crippen LogP contribution in [0.4, 0.5) is 0 Å². The Bertz CT molecular complexity index is 214. The summed E-state index contributed by atoms with van der Waals surface area (Å²) in [6.07, 6.45) is 1.21. The van der Waals surface area contributed by atoms with Gasteiger partial charge in [0.2, 0.25) is 0 Å². The topological polar surface area (TPSA) is 43.4 Å². The Hall–Kier alpha value is -0.380. The Morgan fingerprint density at radius 1 is 1.33 bits per heavy atom. The molecule has 0 saturated carbocycles. The Balaban J connectivity index is 3.83. The number of hydrogen-bond donors (Lipinski definition) is 0. The fourth-order valence-electron chi connectivity index (χ4n) is 1.10. The third-order valence-electron chi connectivity index (χ3n) is 2.10. The molecule has 0 aliphatic rings. The first-order valence-corrected chi connectivity index (χ1v) is 6.88. The molecular weight excluding hydrogens is 212 g/mol. The molecule has 0 rings (SSSR count). The van der Waals surface area contributed by atoms with E-state index in [0.717, 1.165) is 6.42 Å². The van der Waals surface area contributed by atoms with Gasteiger partial charge in [-0.1, -0.05) is 20.8 Å². The van der Waals surface area contributed by atoms with Crippen LogP contribution in [0.25, 0.3) is 0 Å². The van der Waals surface area contributed by atoms with E-state index >= 15 is 0 Å². The van der Waals surface area contributed by atoms with E-state index in [4.69, 9.17) is 4.74 Å². The zero-order chi connectivity index (χ0) is 11.8. The van der Waals surface area contributed by atoms with Gasteiger partial charge in [-0.05, 0) is 19.3 Å². The van der Waals surface area contributed by atoms with Gasteiger partial charge in [0.05, 0.1) is 13.0 Å². The van der Waals surface area contributed by atoms with Crippen molar-refractivity contribution in [2.24, 2.45) is 5.92 Å². The van der Waals surface area contributed by atoms with Crippen LogP contribution in [0, 0.1) is 5.92 Å². The van der Waals surface area contributed by atoms with Crippen LogP contribution in [0.5, 0.6) is 0 Å². The van der Waals surface area contributed by atoms with Crippen LogP contribution in [-0.2, 0) is 20.3 Å². The highest BCUT2D eigenvalue weighted by molar-refractivity contribution is 7.85. The minimum atomic E-state index is -0.910. The fraction of sp³-hybridized carbons (Fsp3) is 0.909. The van der Waals surface area contributed by atoms with Gasteiger partial charge in [-0.15, -0.1) is 0 Å². The molecule has 15 heavy (non-hydrogen) atoms. The monoisotopic (exact) mass is 234 g/mol. The highest BCUT2D eigenvalue weighted by Gasteiger charge is 2.16. The van der Waals surface area contributed by atoms with Gasteiger partial charge in [-0.3, -0.25) is 9.00 Å². The van der Waals surface area contributed by atoms with Gasteiger partial charge in [-0.25, -0.2) is 0 Å². The molecule has 90 valence electrons. The lowest BCUT2D eigenvalue weighted by Gasteiger charge is -2.11. The predicted molar refractivity (Wildman–Crippen MR) is 63.2 cm³/mol. The second-order valence-electron chi connectivity index (χ2n) is 4.09. The normalized spacial score (nSPS) is 15.0. The van der Waals surface area contributed by atoms with E-state index in [1.165, 1.54) is 0 Å². The molecule has 0 aromatic rings. The zero-order valence-corrected chi connectivity index (χ0v) is 10.9. The number of hydrogen-bond acceptors (Lipinski definition) is 3. The number of esters is 1. The van der Waals surface area contributed by atoms with Crippen LogP contribution in [-0.4, -0.2) is 27.8 Å². The van der Waals surface area contributed by atoms with E-state index < -0.39 is 10.8 Å². The van der Waals surface area contributed by atoms with Gasteiger partial charge in [-0.2, -0.15) is 0 Å². The van der Waals surface area contributed by atoms with Crippen LogP contribution in [0.15, 0.2) is 0 Å². The number of rotatable bonds is 7. The summed E-state index contributed by atoms with van der Waals surface area (Å²) in [6, 6.07) is 0. The van der Waals surface area contributed by atoms with Gasteiger partial charge in [0.1, 0.15) is 0 Å². The summed E-state index contributed by atoms with van der Waals surface area (Å²) in [4.78, 5) is 11.1. The molecule has 0 bridgehead atoms. The molecule has 0 aromatic carbocycles. The first kappa shape index (κ1) is 14.6. The second-order valence-corrected chi connectivity index (χ2v) is 6.06. The van der Waals surface area contributed by atoms with Crippen molar-refractivity contribution in [1.29, 1.82) is 0 Å². The molecule has 0 amide bonds. The summed E-state index contributed by atoms with van der Waals surface area (Å²) >= 11 is 0. The maximum atomic E-state index is 11.7. The first-order valence-electron chi connectivity index (χ1n) is 5.50. The average Bonchev–Trinajstić information content (AvgIpc) is 2.14. The van der Waals surface area contributed by atoms with Crippen molar-refractivity contribution >= 4 is 16.8 Å². The van der Waals surface area contributed by atoms with E-state index in [-0.39, 0.29) is 17.6 Å². The van der Waals surface area contributed by atoms with E-state index in [2.05, 4.69) is 13.8 Å². The van der Waals surface area contributed by atoms with Crippen LogP contribution >= 0.6 is 0 Å². The van der Waals surface area contributed by atoms with E-state index in [0.29, 0.717) is 18.3 Å². The summed E-state index contributed by atoms with van der Waals surface area (Å²) in [6.45, 7) is 8.22. The third-order valence-corrected chi connectivity index (χ3v) is 3.81. The van der Waals surface area contributed by atoms with Crippen LogP contribution in [0.1, 0.15) is 40.5 Å². The Morgan fingerprint density at radius 2 is 1.93 bits per heavy atom. The minimum Gasteiger partial charge on any atom is -0.466 e. The van der Waals surface area contributed by atoms with Crippen molar-refractivity contribution < 1.29 is 13.7 Å². The highest BCUT2D eigenvalue weighted by atomic mass is 32.2. The summed E-state index contributed by atoms with van der Waals surface area (Å²) < 4.78 is 16.5. The summed E-state index contributed by atoms with van der Waals surface area (Å²) in [7, 11) is -0.910. The third kappa shape index (κ3) is 7.54. The standard InChI is InChI=1S/C11H22O3S/c1-5-14-11(12)8-10(4)15(13)7-6-9(2)3/h9-10H,5-8H2,1-4H3.